The summed E-state index contributed by atoms with van der Waals surface area (Å²) in [4.78, 5) is 24.1. The number of esters is 2. The first-order valence-corrected chi connectivity index (χ1v) is 8.15. The van der Waals surface area contributed by atoms with Crippen molar-refractivity contribution < 1.29 is 19.1 Å². The first-order valence-electron chi connectivity index (χ1n) is 8.15. The van der Waals surface area contributed by atoms with E-state index < -0.39 is 11.9 Å². The first kappa shape index (κ1) is 18.7. The van der Waals surface area contributed by atoms with Gasteiger partial charge in [0.15, 0.2) is 0 Å². The molecule has 0 spiro atoms. The molecule has 0 N–H and O–H groups in total. The lowest BCUT2D eigenvalue weighted by molar-refractivity contribution is 0.0600. The van der Waals surface area contributed by atoms with Crippen molar-refractivity contribution in [3.8, 4) is 5.75 Å². The third-order valence-electron chi connectivity index (χ3n) is 4.06. The van der Waals surface area contributed by atoms with Crippen molar-refractivity contribution in [2.45, 2.75) is 40.0 Å². The molecule has 2 aromatic carbocycles. The van der Waals surface area contributed by atoms with Crippen LogP contribution in [0.1, 0.15) is 58.2 Å². The highest BCUT2D eigenvalue weighted by atomic mass is 16.5. The minimum Gasteiger partial charge on any atom is -0.465 e. The van der Waals surface area contributed by atoms with E-state index in [4.69, 9.17) is 9.47 Å². The number of carbonyl (C=O) groups excluding carboxylic acids is 2. The highest BCUT2D eigenvalue weighted by Gasteiger charge is 2.17. The molecule has 0 saturated heterocycles. The summed E-state index contributed by atoms with van der Waals surface area (Å²) in [5, 5.41) is 0. The second kappa shape index (κ2) is 7.09. The molecule has 2 aromatic rings. The van der Waals surface area contributed by atoms with E-state index in [0.717, 1.165) is 5.56 Å². The van der Waals surface area contributed by atoms with Gasteiger partial charge < -0.3 is 9.47 Å². The molecule has 0 radical (unpaired) electrons. The van der Waals surface area contributed by atoms with Gasteiger partial charge in [0.25, 0.3) is 0 Å². The summed E-state index contributed by atoms with van der Waals surface area (Å²) in [6, 6.07) is 10.7. The van der Waals surface area contributed by atoms with Gasteiger partial charge in [-0.2, -0.15) is 0 Å². The third kappa shape index (κ3) is 4.27. The zero-order valence-corrected chi connectivity index (χ0v) is 15.6. The SMILES string of the molecule is COC(=O)c1cc(C)c(OC(=O)c2ccc(C(C)(C)C)cc2)c(C)c1. The van der Waals surface area contributed by atoms with Crippen LogP contribution in [-0.4, -0.2) is 19.0 Å². The number of aryl methyl sites for hydroxylation is 2. The van der Waals surface area contributed by atoms with Gasteiger partial charge in [-0.25, -0.2) is 9.59 Å². The second-order valence-electron chi connectivity index (χ2n) is 7.15. The molecule has 25 heavy (non-hydrogen) atoms. The molecule has 0 aromatic heterocycles. The van der Waals surface area contributed by atoms with Crippen LogP contribution >= 0.6 is 0 Å². The highest BCUT2D eigenvalue weighted by Crippen LogP contribution is 2.27. The van der Waals surface area contributed by atoms with Gasteiger partial charge in [-0.05, 0) is 60.2 Å². The molecular weight excluding hydrogens is 316 g/mol. The van der Waals surface area contributed by atoms with E-state index in [0.29, 0.717) is 28.0 Å². The van der Waals surface area contributed by atoms with Gasteiger partial charge in [0.2, 0.25) is 0 Å². The maximum absolute atomic E-state index is 12.4. The standard InChI is InChI=1S/C21H24O4/c1-13-11-16(19(22)24-6)12-14(2)18(13)25-20(23)15-7-9-17(10-8-15)21(3,4)5/h7-12H,1-6H3. The number of benzene rings is 2. The monoisotopic (exact) mass is 340 g/mol. The average Bonchev–Trinajstić information content (AvgIpc) is 2.56. The maximum atomic E-state index is 12.4. The van der Waals surface area contributed by atoms with Crippen LogP contribution in [0, 0.1) is 13.8 Å². The fourth-order valence-electron chi connectivity index (χ4n) is 2.60. The van der Waals surface area contributed by atoms with Crippen LogP contribution in [-0.2, 0) is 10.2 Å². The molecule has 2 rings (SSSR count). The van der Waals surface area contributed by atoms with E-state index in [1.807, 2.05) is 12.1 Å². The average molecular weight is 340 g/mol. The lowest BCUT2D eigenvalue weighted by Crippen LogP contribution is -2.14. The largest absolute Gasteiger partial charge is 0.465 e. The van der Waals surface area contributed by atoms with Crippen LogP contribution < -0.4 is 4.74 Å². The molecule has 0 fully saturated rings. The van der Waals surface area contributed by atoms with Crippen LogP contribution in [0.4, 0.5) is 0 Å². The van der Waals surface area contributed by atoms with Crippen LogP contribution in [0.2, 0.25) is 0 Å². The van der Waals surface area contributed by atoms with Crippen molar-refractivity contribution >= 4 is 11.9 Å². The Hall–Kier alpha value is -2.62. The Balaban J connectivity index is 2.25. The number of hydrogen-bond acceptors (Lipinski definition) is 4. The molecule has 0 unspecified atom stereocenters. The Morgan fingerprint density at radius 2 is 1.36 bits per heavy atom. The van der Waals surface area contributed by atoms with E-state index in [9.17, 15) is 9.59 Å². The molecule has 0 aliphatic carbocycles. The smallest absolute Gasteiger partial charge is 0.343 e. The van der Waals surface area contributed by atoms with E-state index in [2.05, 4.69) is 20.8 Å². The van der Waals surface area contributed by atoms with E-state index >= 15 is 0 Å². The maximum Gasteiger partial charge on any atom is 0.343 e. The van der Waals surface area contributed by atoms with Gasteiger partial charge in [0.05, 0.1) is 18.2 Å². The number of rotatable bonds is 3. The van der Waals surface area contributed by atoms with E-state index in [-0.39, 0.29) is 5.41 Å². The zero-order chi connectivity index (χ0) is 18.8. The molecule has 0 aliphatic heterocycles. The summed E-state index contributed by atoms with van der Waals surface area (Å²) in [5.74, 6) is -0.364. The molecule has 0 amide bonds. The minimum absolute atomic E-state index is 0.0271. The number of hydrogen-bond donors (Lipinski definition) is 0. The van der Waals surface area contributed by atoms with Gasteiger partial charge in [-0.15, -0.1) is 0 Å². The van der Waals surface area contributed by atoms with Gasteiger partial charge in [-0.1, -0.05) is 32.9 Å². The lowest BCUT2D eigenvalue weighted by atomic mass is 9.87. The summed E-state index contributed by atoms with van der Waals surface area (Å²) < 4.78 is 10.3. The Morgan fingerprint density at radius 1 is 0.840 bits per heavy atom. The van der Waals surface area contributed by atoms with Crippen LogP contribution in [0.25, 0.3) is 0 Å². The fraction of sp³-hybridized carbons (Fsp3) is 0.333. The molecule has 132 valence electrons. The van der Waals surface area contributed by atoms with Crippen molar-refractivity contribution in [1.29, 1.82) is 0 Å². The first-order chi connectivity index (χ1) is 11.6. The van der Waals surface area contributed by atoms with Crippen molar-refractivity contribution in [1.82, 2.24) is 0 Å². The number of carbonyl (C=O) groups is 2. The van der Waals surface area contributed by atoms with Crippen LogP contribution in [0.5, 0.6) is 5.75 Å². The summed E-state index contributed by atoms with van der Waals surface area (Å²) in [6.07, 6.45) is 0. The highest BCUT2D eigenvalue weighted by molar-refractivity contribution is 5.93. The predicted octanol–water partition coefficient (Wildman–Crippen LogP) is 4.61. The summed E-state index contributed by atoms with van der Waals surface area (Å²) in [5.41, 5.74) is 3.52. The molecule has 0 atom stereocenters. The Morgan fingerprint density at radius 3 is 1.80 bits per heavy atom. The molecule has 0 bridgehead atoms. The fourth-order valence-corrected chi connectivity index (χ4v) is 2.60. The van der Waals surface area contributed by atoms with E-state index in [1.54, 1.807) is 38.1 Å². The van der Waals surface area contributed by atoms with Gasteiger partial charge >= 0.3 is 11.9 Å². The predicted molar refractivity (Wildman–Crippen MR) is 97.4 cm³/mol. The van der Waals surface area contributed by atoms with Crippen molar-refractivity contribution in [3.63, 3.8) is 0 Å². The Kier molecular flexibility index (Phi) is 5.31. The minimum atomic E-state index is -0.419. The topological polar surface area (TPSA) is 52.6 Å². The van der Waals surface area contributed by atoms with Crippen molar-refractivity contribution in [2.75, 3.05) is 7.11 Å². The quantitative estimate of drug-likeness (QED) is 0.605. The Bertz CT molecular complexity index is 773. The molecule has 0 saturated carbocycles. The zero-order valence-electron chi connectivity index (χ0n) is 15.6. The molecule has 0 heterocycles. The van der Waals surface area contributed by atoms with Crippen LogP contribution in [0.3, 0.4) is 0 Å². The normalized spacial score (nSPS) is 11.1. The van der Waals surface area contributed by atoms with E-state index in [1.165, 1.54) is 7.11 Å². The van der Waals surface area contributed by atoms with Gasteiger partial charge in [0, 0.05) is 0 Å². The molecular formula is C21H24O4. The van der Waals surface area contributed by atoms with Gasteiger partial charge in [-0.3, -0.25) is 0 Å². The van der Waals surface area contributed by atoms with Gasteiger partial charge in [0.1, 0.15) is 5.75 Å². The van der Waals surface area contributed by atoms with Crippen LogP contribution in [0.15, 0.2) is 36.4 Å². The molecule has 4 nitrogen and oxygen atoms in total. The number of methoxy groups -OCH3 is 1. The molecule has 4 heteroatoms. The molecule has 0 aliphatic rings. The van der Waals surface area contributed by atoms with Crippen molar-refractivity contribution in [2.24, 2.45) is 0 Å². The Labute approximate surface area is 148 Å². The third-order valence-corrected chi connectivity index (χ3v) is 4.06. The lowest BCUT2D eigenvalue weighted by Gasteiger charge is -2.19. The van der Waals surface area contributed by atoms with Crippen molar-refractivity contribution in [3.05, 3.63) is 64.2 Å². The number of ether oxygens (including phenoxy) is 2. The summed E-state index contributed by atoms with van der Waals surface area (Å²) in [6.45, 7) is 9.96. The summed E-state index contributed by atoms with van der Waals surface area (Å²) in [7, 11) is 1.34. The second-order valence-corrected chi connectivity index (χ2v) is 7.15. The summed E-state index contributed by atoms with van der Waals surface area (Å²) >= 11 is 0.